The van der Waals surface area contributed by atoms with Crippen LogP contribution >= 0.6 is 11.6 Å². The summed E-state index contributed by atoms with van der Waals surface area (Å²) in [5, 5.41) is 0.521. The summed E-state index contributed by atoms with van der Waals surface area (Å²) in [7, 11) is 0. The minimum Gasteiger partial charge on any atom is -0.489 e. The zero-order valence-corrected chi connectivity index (χ0v) is 11.7. The Morgan fingerprint density at radius 3 is 2.56 bits per heavy atom. The number of Topliss-reactive ketones (excluding diaryl/α,β-unsaturated/α-hetero) is 1. The molecule has 2 nitrogen and oxygen atoms in total. The maximum absolute atomic E-state index is 12.2. The quantitative estimate of drug-likeness (QED) is 0.750. The molecule has 1 aromatic carbocycles. The number of hydrogen-bond acceptors (Lipinski definition) is 2. The molecule has 1 aliphatic rings. The summed E-state index contributed by atoms with van der Waals surface area (Å²) < 4.78 is 5.56. The van der Waals surface area contributed by atoms with Gasteiger partial charge in [-0.15, -0.1) is 0 Å². The van der Waals surface area contributed by atoms with E-state index in [1.165, 1.54) is 12.8 Å². The third-order valence-corrected chi connectivity index (χ3v) is 3.60. The summed E-state index contributed by atoms with van der Waals surface area (Å²) >= 11 is 6.15. The van der Waals surface area contributed by atoms with Crippen molar-refractivity contribution in [2.75, 3.05) is 0 Å². The molecule has 0 bridgehead atoms. The molecule has 0 aliphatic heterocycles. The molecule has 0 saturated heterocycles. The summed E-state index contributed by atoms with van der Waals surface area (Å²) in [6.45, 7) is 3.90. The first kappa shape index (κ1) is 13.4. The van der Waals surface area contributed by atoms with E-state index in [2.05, 4.69) is 0 Å². The molecule has 0 amide bonds. The zero-order valence-electron chi connectivity index (χ0n) is 10.9. The van der Waals surface area contributed by atoms with E-state index in [1.807, 2.05) is 19.9 Å². The first-order valence-electron chi connectivity index (χ1n) is 6.58. The predicted molar refractivity (Wildman–Crippen MR) is 73.5 cm³/mol. The standard InChI is InChI=1S/C15H19ClO2/c1-10(2)18-14-8-7-12(9-13(14)16)15(17)11-5-3-4-6-11/h7-11H,3-6H2,1-2H3. The first-order valence-corrected chi connectivity index (χ1v) is 6.96. The fraction of sp³-hybridized carbons (Fsp3) is 0.533. The van der Waals surface area contributed by atoms with Gasteiger partial charge in [0, 0.05) is 11.5 Å². The molecule has 0 heterocycles. The van der Waals surface area contributed by atoms with Crippen LogP contribution in [0.1, 0.15) is 49.9 Å². The predicted octanol–water partition coefficient (Wildman–Crippen LogP) is 4.50. The lowest BCUT2D eigenvalue weighted by atomic mass is 9.96. The molecule has 0 radical (unpaired) electrons. The highest BCUT2D eigenvalue weighted by molar-refractivity contribution is 6.32. The number of ether oxygens (including phenoxy) is 1. The van der Waals surface area contributed by atoms with Crippen LogP contribution < -0.4 is 4.74 Å². The normalized spacial score (nSPS) is 16.2. The highest BCUT2D eigenvalue weighted by Gasteiger charge is 2.24. The van der Waals surface area contributed by atoms with Gasteiger partial charge < -0.3 is 4.74 Å². The third-order valence-electron chi connectivity index (χ3n) is 3.31. The van der Waals surface area contributed by atoms with Crippen molar-refractivity contribution in [1.29, 1.82) is 0 Å². The number of carbonyl (C=O) groups excluding carboxylic acids is 1. The summed E-state index contributed by atoms with van der Waals surface area (Å²) in [4.78, 5) is 12.2. The van der Waals surface area contributed by atoms with Crippen LogP contribution in [0.2, 0.25) is 5.02 Å². The minimum atomic E-state index is 0.0823. The van der Waals surface area contributed by atoms with Crippen molar-refractivity contribution in [2.24, 2.45) is 5.92 Å². The smallest absolute Gasteiger partial charge is 0.165 e. The van der Waals surface area contributed by atoms with E-state index >= 15 is 0 Å². The van der Waals surface area contributed by atoms with Gasteiger partial charge in [0.05, 0.1) is 11.1 Å². The van der Waals surface area contributed by atoms with Gasteiger partial charge in [-0.25, -0.2) is 0 Å². The van der Waals surface area contributed by atoms with Crippen molar-refractivity contribution in [2.45, 2.75) is 45.6 Å². The molecule has 18 heavy (non-hydrogen) atoms. The Bertz CT molecular complexity index is 434. The van der Waals surface area contributed by atoms with Crippen LogP contribution in [0.3, 0.4) is 0 Å². The maximum atomic E-state index is 12.2. The summed E-state index contributed by atoms with van der Waals surface area (Å²) in [5.41, 5.74) is 0.711. The average Bonchev–Trinajstić information content (AvgIpc) is 2.84. The number of carbonyl (C=O) groups is 1. The van der Waals surface area contributed by atoms with E-state index in [9.17, 15) is 4.79 Å². The molecular formula is C15H19ClO2. The van der Waals surface area contributed by atoms with Crippen LogP contribution in [0.5, 0.6) is 5.75 Å². The number of benzene rings is 1. The molecule has 1 fully saturated rings. The summed E-state index contributed by atoms with van der Waals surface area (Å²) in [5.74, 6) is 1.07. The topological polar surface area (TPSA) is 26.3 Å². The SMILES string of the molecule is CC(C)Oc1ccc(C(=O)C2CCCC2)cc1Cl. The van der Waals surface area contributed by atoms with Gasteiger partial charge in [0.2, 0.25) is 0 Å². The van der Waals surface area contributed by atoms with Gasteiger partial charge in [0.1, 0.15) is 5.75 Å². The Kier molecular flexibility index (Phi) is 4.28. The minimum absolute atomic E-state index is 0.0823. The molecule has 0 aromatic heterocycles. The second kappa shape index (κ2) is 5.75. The number of hydrogen-bond donors (Lipinski definition) is 0. The van der Waals surface area contributed by atoms with Crippen LogP contribution in [-0.4, -0.2) is 11.9 Å². The molecule has 98 valence electrons. The van der Waals surface area contributed by atoms with E-state index in [4.69, 9.17) is 16.3 Å². The molecule has 1 aliphatic carbocycles. The highest BCUT2D eigenvalue weighted by Crippen LogP contribution is 2.31. The third kappa shape index (κ3) is 3.05. The van der Waals surface area contributed by atoms with Crippen LogP contribution in [0.15, 0.2) is 18.2 Å². The van der Waals surface area contributed by atoms with Crippen LogP contribution in [0.4, 0.5) is 0 Å². The monoisotopic (exact) mass is 266 g/mol. The van der Waals surface area contributed by atoms with E-state index in [-0.39, 0.29) is 17.8 Å². The van der Waals surface area contributed by atoms with Crippen molar-refractivity contribution >= 4 is 17.4 Å². The largest absolute Gasteiger partial charge is 0.489 e. The van der Waals surface area contributed by atoms with Gasteiger partial charge in [-0.2, -0.15) is 0 Å². The van der Waals surface area contributed by atoms with Gasteiger partial charge in [-0.05, 0) is 44.9 Å². The maximum Gasteiger partial charge on any atom is 0.165 e. The second-order valence-electron chi connectivity index (χ2n) is 5.16. The van der Waals surface area contributed by atoms with Crippen molar-refractivity contribution in [1.82, 2.24) is 0 Å². The zero-order chi connectivity index (χ0) is 13.1. The molecule has 1 saturated carbocycles. The number of ketones is 1. The van der Waals surface area contributed by atoms with Gasteiger partial charge in [-0.3, -0.25) is 4.79 Å². The summed E-state index contributed by atoms with van der Waals surface area (Å²) in [6.07, 6.45) is 4.44. The number of halogens is 1. The van der Waals surface area contributed by atoms with Crippen molar-refractivity contribution < 1.29 is 9.53 Å². The van der Waals surface area contributed by atoms with Gasteiger partial charge in [0.25, 0.3) is 0 Å². The van der Waals surface area contributed by atoms with E-state index in [0.29, 0.717) is 16.3 Å². The van der Waals surface area contributed by atoms with Gasteiger partial charge >= 0.3 is 0 Å². The Balaban J connectivity index is 2.15. The summed E-state index contributed by atoms with van der Waals surface area (Å²) in [6, 6.07) is 5.36. The van der Waals surface area contributed by atoms with Crippen molar-refractivity contribution in [3.05, 3.63) is 28.8 Å². The average molecular weight is 267 g/mol. The lowest BCUT2D eigenvalue weighted by Crippen LogP contribution is -2.11. The Hall–Kier alpha value is -1.02. The fourth-order valence-corrected chi connectivity index (χ4v) is 2.65. The molecular weight excluding hydrogens is 248 g/mol. The molecule has 2 rings (SSSR count). The second-order valence-corrected chi connectivity index (χ2v) is 5.56. The van der Waals surface area contributed by atoms with E-state index in [0.717, 1.165) is 12.8 Å². The molecule has 0 atom stereocenters. The molecule has 3 heteroatoms. The lowest BCUT2D eigenvalue weighted by Gasteiger charge is -2.13. The van der Waals surface area contributed by atoms with Gasteiger partial charge in [0.15, 0.2) is 5.78 Å². The van der Waals surface area contributed by atoms with Crippen molar-refractivity contribution in [3.63, 3.8) is 0 Å². The van der Waals surface area contributed by atoms with Crippen LogP contribution in [0, 0.1) is 5.92 Å². The fourth-order valence-electron chi connectivity index (χ4n) is 2.43. The molecule has 0 unspecified atom stereocenters. The van der Waals surface area contributed by atoms with Crippen LogP contribution in [0.25, 0.3) is 0 Å². The highest BCUT2D eigenvalue weighted by atomic mass is 35.5. The Morgan fingerprint density at radius 2 is 2.00 bits per heavy atom. The van der Waals surface area contributed by atoms with Gasteiger partial charge in [-0.1, -0.05) is 24.4 Å². The van der Waals surface area contributed by atoms with E-state index < -0.39 is 0 Å². The lowest BCUT2D eigenvalue weighted by molar-refractivity contribution is 0.0923. The van der Waals surface area contributed by atoms with Crippen molar-refractivity contribution in [3.8, 4) is 5.75 Å². The Morgan fingerprint density at radius 1 is 1.33 bits per heavy atom. The van der Waals surface area contributed by atoms with Crippen LogP contribution in [-0.2, 0) is 0 Å². The first-order chi connectivity index (χ1) is 8.58. The molecule has 0 N–H and O–H groups in total. The molecule has 0 spiro atoms. The molecule has 1 aromatic rings. The Labute approximate surface area is 113 Å². The van der Waals surface area contributed by atoms with E-state index in [1.54, 1.807) is 12.1 Å². The number of rotatable bonds is 4.